The van der Waals surface area contributed by atoms with Crippen LogP contribution in [0.3, 0.4) is 0 Å². The van der Waals surface area contributed by atoms with Gasteiger partial charge in [-0.15, -0.1) is 11.8 Å². The molecule has 0 bridgehead atoms. The van der Waals surface area contributed by atoms with Gasteiger partial charge in [-0.3, -0.25) is 9.69 Å². The quantitative estimate of drug-likeness (QED) is 0.755. The van der Waals surface area contributed by atoms with Gasteiger partial charge in [0, 0.05) is 35.7 Å². The van der Waals surface area contributed by atoms with Gasteiger partial charge in [0.25, 0.3) is 0 Å². The molecule has 1 amide bonds. The first-order valence-corrected chi connectivity index (χ1v) is 9.76. The first-order valence-electron chi connectivity index (χ1n) is 8.77. The molecule has 1 heterocycles. The highest BCUT2D eigenvalue weighted by molar-refractivity contribution is 7.99. The molecule has 1 aromatic carbocycles. The maximum Gasteiger partial charge on any atom is 0.220 e. The van der Waals surface area contributed by atoms with E-state index in [0.29, 0.717) is 23.6 Å². The summed E-state index contributed by atoms with van der Waals surface area (Å²) in [6.07, 6.45) is 2.94. The van der Waals surface area contributed by atoms with E-state index in [1.165, 1.54) is 30.7 Å². The average molecular weight is 353 g/mol. The zero-order chi connectivity index (χ0) is 17.6. The Labute approximate surface area is 149 Å². The number of rotatable bonds is 7. The molecule has 1 unspecified atom stereocenters. The van der Waals surface area contributed by atoms with Gasteiger partial charge in [0.2, 0.25) is 5.91 Å². The fourth-order valence-corrected chi connectivity index (χ4v) is 3.96. The highest BCUT2D eigenvalue weighted by Gasteiger charge is 2.30. The lowest BCUT2D eigenvalue weighted by molar-refractivity contribution is -0.121. The number of amides is 1. The van der Waals surface area contributed by atoms with Crippen molar-refractivity contribution in [1.82, 2.24) is 10.2 Å². The number of carbonyl (C=O) groups is 1. The molecule has 1 N–H and O–H groups in total. The van der Waals surface area contributed by atoms with Crippen LogP contribution in [0.1, 0.15) is 40.0 Å². The van der Waals surface area contributed by atoms with E-state index in [9.17, 15) is 9.18 Å². The fourth-order valence-electron chi connectivity index (χ4n) is 3.07. The molecule has 1 fully saturated rings. The molecule has 1 aliphatic heterocycles. The van der Waals surface area contributed by atoms with E-state index in [4.69, 9.17) is 0 Å². The summed E-state index contributed by atoms with van der Waals surface area (Å²) in [7, 11) is 0. The number of benzene rings is 1. The van der Waals surface area contributed by atoms with Crippen molar-refractivity contribution in [2.24, 2.45) is 5.92 Å². The van der Waals surface area contributed by atoms with Crippen molar-refractivity contribution in [2.75, 3.05) is 25.4 Å². The van der Waals surface area contributed by atoms with Crippen molar-refractivity contribution < 1.29 is 9.18 Å². The normalized spacial score (nSPS) is 19.2. The summed E-state index contributed by atoms with van der Waals surface area (Å²) < 4.78 is 13.5. The van der Waals surface area contributed by atoms with Crippen molar-refractivity contribution in [3.05, 3.63) is 30.1 Å². The van der Waals surface area contributed by atoms with Gasteiger partial charge >= 0.3 is 0 Å². The van der Waals surface area contributed by atoms with Crippen LogP contribution in [0.2, 0.25) is 0 Å². The Kier molecular flexibility index (Phi) is 7.11. The van der Waals surface area contributed by atoms with Gasteiger partial charge in [-0.25, -0.2) is 4.39 Å². The molecular formula is C19H29FN2OS. The molecule has 0 spiro atoms. The standard InChI is InChI=1S/C19H29FN2OS/c1-15-7-6-11-22(13-15)19(2,3)14-21-18(23)10-12-24-17-9-5-4-8-16(17)20/h4-5,8-9,15H,6-7,10-14H2,1-3H3,(H,21,23). The molecule has 1 aliphatic rings. The van der Waals surface area contributed by atoms with Crippen LogP contribution in [0, 0.1) is 11.7 Å². The zero-order valence-electron chi connectivity index (χ0n) is 15.0. The Balaban J connectivity index is 1.71. The molecule has 5 heteroatoms. The van der Waals surface area contributed by atoms with E-state index in [-0.39, 0.29) is 17.3 Å². The maximum atomic E-state index is 13.5. The molecule has 1 atom stereocenters. The Morgan fingerprint density at radius 2 is 2.17 bits per heavy atom. The first-order chi connectivity index (χ1) is 11.4. The molecule has 3 nitrogen and oxygen atoms in total. The predicted molar refractivity (Wildman–Crippen MR) is 98.8 cm³/mol. The van der Waals surface area contributed by atoms with Crippen LogP contribution in [-0.4, -0.2) is 41.7 Å². The zero-order valence-corrected chi connectivity index (χ0v) is 15.8. The minimum absolute atomic E-state index is 0.0248. The van der Waals surface area contributed by atoms with E-state index >= 15 is 0 Å². The minimum atomic E-state index is -0.219. The predicted octanol–water partition coefficient (Wildman–Crippen LogP) is 3.93. The number of piperidine rings is 1. The van der Waals surface area contributed by atoms with E-state index in [2.05, 4.69) is 31.0 Å². The van der Waals surface area contributed by atoms with Gasteiger partial charge < -0.3 is 5.32 Å². The topological polar surface area (TPSA) is 32.3 Å². The number of hydrogen-bond acceptors (Lipinski definition) is 3. The van der Waals surface area contributed by atoms with Gasteiger partial charge in [0.1, 0.15) is 5.82 Å². The highest BCUT2D eigenvalue weighted by Crippen LogP contribution is 2.24. The summed E-state index contributed by atoms with van der Waals surface area (Å²) in [4.78, 5) is 15.2. The van der Waals surface area contributed by atoms with Crippen LogP contribution in [0.25, 0.3) is 0 Å². The molecule has 2 rings (SSSR count). The summed E-state index contributed by atoms with van der Waals surface area (Å²) >= 11 is 1.39. The molecule has 0 saturated carbocycles. The Morgan fingerprint density at radius 1 is 1.42 bits per heavy atom. The summed E-state index contributed by atoms with van der Waals surface area (Å²) in [6, 6.07) is 6.69. The smallest absolute Gasteiger partial charge is 0.220 e. The van der Waals surface area contributed by atoms with Crippen LogP contribution in [-0.2, 0) is 4.79 Å². The monoisotopic (exact) mass is 352 g/mol. The molecule has 134 valence electrons. The van der Waals surface area contributed by atoms with E-state index in [1.54, 1.807) is 12.1 Å². The number of nitrogens with one attached hydrogen (secondary N) is 1. The van der Waals surface area contributed by atoms with Crippen LogP contribution in [0.5, 0.6) is 0 Å². The average Bonchev–Trinajstić information content (AvgIpc) is 2.55. The molecule has 0 aliphatic carbocycles. The minimum Gasteiger partial charge on any atom is -0.354 e. The van der Waals surface area contributed by atoms with Gasteiger partial charge in [-0.2, -0.15) is 0 Å². The molecule has 1 aromatic rings. The third kappa shape index (κ3) is 5.78. The largest absolute Gasteiger partial charge is 0.354 e. The molecule has 24 heavy (non-hydrogen) atoms. The van der Waals surface area contributed by atoms with Gasteiger partial charge in [0.05, 0.1) is 0 Å². The van der Waals surface area contributed by atoms with Crippen LogP contribution in [0.4, 0.5) is 4.39 Å². The Bertz CT molecular complexity index is 550. The number of halogens is 1. The Hall–Kier alpha value is -1.07. The second-order valence-electron chi connectivity index (χ2n) is 7.31. The van der Waals surface area contributed by atoms with Crippen molar-refractivity contribution >= 4 is 17.7 Å². The molecule has 0 radical (unpaired) electrons. The van der Waals surface area contributed by atoms with Gasteiger partial charge in [0.15, 0.2) is 0 Å². The van der Waals surface area contributed by atoms with Crippen molar-refractivity contribution in [1.29, 1.82) is 0 Å². The number of likely N-dealkylation sites (tertiary alicyclic amines) is 1. The molecule has 0 aromatic heterocycles. The second-order valence-corrected chi connectivity index (χ2v) is 8.45. The first kappa shape index (κ1) is 19.3. The van der Waals surface area contributed by atoms with Crippen molar-refractivity contribution in [2.45, 2.75) is 50.5 Å². The van der Waals surface area contributed by atoms with Crippen LogP contribution < -0.4 is 5.32 Å². The van der Waals surface area contributed by atoms with Crippen LogP contribution >= 0.6 is 11.8 Å². The fraction of sp³-hybridized carbons (Fsp3) is 0.632. The van der Waals surface area contributed by atoms with E-state index < -0.39 is 0 Å². The summed E-state index contributed by atoms with van der Waals surface area (Å²) in [5, 5.41) is 3.05. The lowest BCUT2D eigenvalue weighted by Crippen LogP contribution is -2.54. The summed E-state index contributed by atoms with van der Waals surface area (Å²) in [5.41, 5.74) is -0.0248. The van der Waals surface area contributed by atoms with Gasteiger partial charge in [-0.1, -0.05) is 19.1 Å². The molecule has 1 saturated heterocycles. The number of thioether (sulfide) groups is 1. The summed E-state index contributed by atoms with van der Waals surface area (Å²) in [6.45, 7) is 9.55. The van der Waals surface area contributed by atoms with E-state index in [1.807, 2.05) is 6.07 Å². The lowest BCUT2D eigenvalue weighted by Gasteiger charge is -2.43. The van der Waals surface area contributed by atoms with E-state index in [0.717, 1.165) is 19.0 Å². The third-order valence-corrected chi connectivity index (χ3v) is 5.70. The van der Waals surface area contributed by atoms with Crippen LogP contribution in [0.15, 0.2) is 29.2 Å². The van der Waals surface area contributed by atoms with Crippen molar-refractivity contribution in [3.63, 3.8) is 0 Å². The lowest BCUT2D eigenvalue weighted by atomic mass is 9.93. The maximum absolute atomic E-state index is 13.5. The number of carbonyl (C=O) groups excluding carboxylic acids is 1. The number of nitrogens with zero attached hydrogens (tertiary/aromatic N) is 1. The highest BCUT2D eigenvalue weighted by atomic mass is 32.2. The van der Waals surface area contributed by atoms with Crippen molar-refractivity contribution in [3.8, 4) is 0 Å². The second kappa shape index (κ2) is 8.86. The SMILES string of the molecule is CC1CCCN(C(C)(C)CNC(=O)CCSc2ccccc2F)C1. The van der Waals surface area contributed by atoms with Gasteiger partial charge in [-0.05, 0) is 51.3 Å². The number of hydrogen-bond donors (Lipinski definition) is 1. The summed E-state index contributed by atoms with van der Waals surface area (Å²) in [5.74, 6) is 1.14. The third-order valence-electron chi connectivity index (χ3n) is 4.65. The Morgan fingerprint density at radius 3 is 2.88 bits per heavy atom. The molecular weight excluding hydrogens is 323 g/mol.